The van der Waals surface area contributed by atoms with Crippen LogP contribution in [0, 0.1) is 35.5 Å². The lowest BCUT2D eigenvalue weighted by Crippen LogP contribution is -2.40. The molecule has 6 atom stereocenters. The van der Waals surface area contributed by atoms with Gasteiger partial charge in [0, 0.05) is 0 Å². The predicted octanol–water partition coefficient (Wildman–Crippen LogP) is 10.4. The van der Waals surface area contributed by atoms with Gasteiger partial charge >= 0.3 is 0 Å². The van der Waals surface area contributed by atoms with Gasteiger partial charge in [-0.3, -0.25) is 0 Å². The topological polar surface area (TPSA) is 0 Å². The van der Waals surface area contributed by atoms with E-state index in [1.165, 1.54) is 38.5 Å². The molecule has 6 unspecified atom stereocenters. The van der Waals surface area contributed by atoms with Crippen LogP contribution in [0.5, 0.6) is 0 Å². The van der Waals surface area contributed by atoms with Crippen LogP contribution >= 0.6 is 15.8 Å². The fourth-order valence-corrected chi connectivity index (χ4v) is 19.2. The predicted molar refractivity (Wildman–Crippen MR) is 148 cm³/mol. The van der Waals surface area contributed by atoms with Crippen LogP contribution in [0.15, 0.2) is 0 Å². The Hall–Kier alpha value is 0.860. The second-order valence-corrected chi connectivity index (χ2v) is 21.2. The molecule has 0 aromatic carbocycles. The Morgan fingerprint density at radius 1 is 0.645 bits per heavy atom. The number of rotatable bonds is 6. The van der Waals surface area contributed by atoms with E-state index in [1.54, 1.807) is 5.90 Å². The van der Waals surface area contributed by atoms with Crippen molar-refractivity contribution in [1.29, 1.82) is 0 Å². The third-order valence-corrected chi connectivity index (χ3v) is 17.3. The minimum Gasteiger partial charge on any atom is -0.0953 e. The first kappa shape index (κ1) is 28.1. The molecular weight excluding hydrogens is 410 g/mol. The highest BCUT2D eigenvalue weighted by molar-refractivity contribution is 7.76. The van der Waals surface area contributed by atoms with E-state index in [4.69, 9.17) is 0 Å². The fraction of sp³-hybridized carbons (Fsp3) is 1.00. The van der Waals surface area contributed by atoms with Gasteiger partial charge < -0.3 is 0 Å². The molecule has 0 heterocycles. The SMILES string of the molecule is CC1CCC(C(C)C)C(P(CP(C(C)(C)C)C(C)(C)C)C2CC(C)CCC2C(C)C)C1. The summed E-state index contributed by atoms with van der Waals surface area (Å²) in [5.74, 6) is 7.14. The molecule has 2 aliphatic rings. The van der Waals surface area contributed by atoms with E-state index in [0.717, 1.165) is 46.8 Å². The van der Waals surface area contributed by atoms with Crippen LogP contribution in [-0.4, -0.2) is 27.5 Å². The zero-order valence-corrected chi connectivity index (χ0v) is 25.3. The molecule has 0 aromatic heterocycles. The lowest BCUT2D eigenvalue weighted by molar-refractivity contribution is 0.223. The molecule has 2 fully saturated rings. The highest BCUT2D eigenvalue weighted by Crippen LogP contribution is 2.71. The molecule has 0 saturated heterocycles. The summed E-state index contributed by atoms with van der Waals surface area (Å²) in [6, 6.07) is 0. The summed E-state index contributed by atoms with van der Waals surface area (Å²) in [6.45, 7) is 30.7. The largest absolute Gasteiger partial charge is 0.0953 e. The molecule has 0 nitrogen and oxygen atoms in total. The maximum absolute atomic E-state index is 2.57. The lowest BCUT2D eigenvalue weighted by atomic mass is 9.76. The summed E-state index contributed by atoms with van der Waals surface area (Å²) in [5.41, 5.74) is 2.04. The highest BCUT2D eigenvalue weighted by atomic mass is 31.2. The molecule has 0 aliphatic heterocycles. The van der Waals surface area contributed by atoms with Crippen LogP contribution in [0.3, 0.4) is 0 Å². The first-order valence-corrected chi connectivity index (χ1v) is 16.9. The Labute approximate surface area is 200 Å². The van der Waals surface area contributed by atoms with Crippen molar-refractivity contribution >= 4 is 15.8 Å². The first-order chi connectivity index (χ1) is 14.1. The van der Waals surface area contributed by atoms with Crippen molar-refractivity contribution in [3.63, 3.8) is 0 Å². The molecule has 0 bridgehead atoms. The monoisotopic (exact) mass is 468 g/mol. The fourth-order valence-electron chi connectivity index (χ4n) is 7.12. The molecule has 2 rings (SSSR count). The standard InChI is InChI=1S/C29H58P2/c1-20(2)24-15-13-22(5)17-26(24)30(19-31(28(7,8)9)29(10,11)12)27-18-23(6)14-16-25(27)21(3)4/h20-27H,13-19H2,1-12H3. The summed E-state index contributed by atoms with van der Waals surface area (Å²) in [5, 5.41) is 0.908. The molecule has 0 spiro atoms. The van der Waals surface area contributed by atoms with Gasteiger partial charge in [-0.25, -0.2) is 0 Å². The van der Waals surface area contributed by atoms with Crippen LogP contribution in [0.4, 0.5) is 0 Å². The third-order valence-electron chi connectivity index (χ3n) is 8.75. The smallest absolute Gasteiger partial charge is 0.0106 e. The van der Waals surface area contributed by atoms with Crippen molar-refractivity contribution in [2.45, 2.75) is 143 Å². The Morgan fingerprint density at radius 3 is 1.29 bits per heavy atom. The summed E-state index contributed by atoms with van der Waals surface area (Å²) in [7, 11) is 0.0590. The normalized spacial score (nSPS) is 34.5. The van der Waals surface area contributed by atoms with Gasteiger partial charge in [0.25, 0.3) is 0 Å². The molecule has 2 heteroatoms. The average molecular weight is 469 g/mol. The second kappa shape index (κ2) is 11.1. The Morgan fingerprint density at radius 2 is 1.00 bits per heavy atom. The zero-order valence-electron chi connectivity index (χ0n) is 23.5. The van der Waals surface area contributed by atoms with Crippen molar-refractivity contribution in [3.8, 4) is 0 Å². The van der Waals surface area contributed by atoms with Crippen LogP contribution in [0.25, 0.3) is 0 Å². The minimum absolute atomic E-state index is 0.00811. The minimum atomic E-state index is -0.00811. The quantitative estimate of drug-likeness (QED) is 0.340. The molecule has 0 aromatic rings. The molecule has 2 aliphatic carbocycles. The maximum atomic E-state index is 2.57. The van der Waals surface area contributed by atoms with Gasteiger partial charge in [0.1, 0.15) is 0 Å². The number of hydrogen-bond donors (Lipinski definition) is 0. The molecule has 184 valence electrons. The van der Waals surface area contributed by atoms with E-state index in [0.29, 0.717) is 10.3 Å². The Kier molecular flexibility index (Phi) is 10.0. The van der Waals surface area contributed by atoms with Gasteiger partial charge in [0.2, 0.25) is 0 Å². The van der Waals surface area contributed by atoms with Crippen molar-refractivity contribution in [1.82, 2.24) is 0 Å². The van der Waals surface area contributed by atoms with Gasteiger partial charge in [-0.2, -0.15) is 0 Å². The molecular formula is C29H58P2. The van der Waals surface area contributed by atoms with Crippen LogP contribution in [0.2, 0.25) is 0 Å². The summed E-state index contributed by atoms with van der Waals surface area (Å²) in [6.07, 6.45) is 9.01. The average Bonchev–Trinajstić information content (AvgIpc) is 2.59. The Balaban J connectivity index is 2.51. The van der Waals surface area contributed by atoms with E-state index in [-0.39, 0.29) is 15.8 Å². The summed E-state index contributed by atoms with van der Waals surface area (Å²) >= 11 is 0. The van der Waals surface area contributed by atoms with Crippen LogP contribution in [-0.2, 0) is 0 Å². The van der Waals surface area contributed by atoms with Crippen LogP contribution in [0.1, 0.15) is 122 Å². The molecule has 2 saturated carbocycles. The van der Waals surface area contributed by atoms with E-state index in [9.17, 15) is 0 Å². The van der Waals surface area contributed by atoms with Gasteiger partial charge in [-0.15, -0.1) is 0 Å². The first-order valence-electron chi connectivity index (χ1n) is 13.7. The van der Waals surface area contributed by atoms with Gasteiger partial charge in [-0.05, 0) is 88.7 Å². The van der Waals surface area contributed by atoms with Crippen molar-refractivity contribution < 1.29 is 0 Å². The molecule has 0 amide bonds. The summed E-state index contributed by atoms with van der Waals surface area (Å²) < 4.78 is 0. The molecule has 0 N–H and O–H groups in total. The molecule has 0 radical (unpaired) electrons. The van der Waals surface area contributed by atoms with Crippen molar-refractivity contribution in [3.05, 3.63) is 0 Å². The van der Waals surface area contributed by atoms with Gasteiger partial charge in [0.05, 0.1) is 0 Å². The summed E-state index contributed by atoms with van der Waals surface area (Å²) in [4.78, 5) is 0. The van der Waals surface area contributed by atoms with E-state index in [1.807, 2.05) is 0 Å². The zero-order chi connectivity index (χ0) is 23.7. The highest BCUT2D eigenvalue weighted by Gasteiger charge is 2.46. The third kappa shape index (κ3) is 7.42. The second-order valence-electron chi connectivity index (χ2n) is 14.2. The van der Waals surface area contributed by atoms with Crippen LogP contribution < -0.4 is 0 Å². The van der Waals surface area contributed by atoms with E-state index < -0.39 is 0 Å². The van der Waals surface area contributed by atoms with Gasteiger partial charge in [0.15, 0.2) is 0 Å². The maximum Gasteiger partial charge on any atom is -0.0106 e. The van der Waals surface area contributed by atoms with Crippen molar-refractivity contribution in [2.24, 2.45) is 35.5 Å². The van der Waals surface area contributed by atoms with E-state index >= 15 is 0 Å². The van der Waals surface area contributed by atoms with Gasteiger partial charge in [-0.1, -0.05) is 112 Å². The molecule has 31 heavy (non-hydrogen) atoms. The van der Waals surface area contributed by atoms with Crippen molar-refractivity contribution in [2.75, 3.05) is 5.90 Å². The lowest BCUT2D eigenvalue weighted by Gasteiger charge is -2.53. The van der Waals surface area contributed by atoms with E-state index in [2.05, 4.69) is 83.1 Å². The Bertz CT molecular complexity index is 492. The number of hydrogen-bond acceptors (Lipinski definition) is 0.